The summed E-state index contributed by atoms with van der Waals surface area (Å²) in [6.45, 7) is 1.43. The summed E-state index contributed by atoms with van der Waals surface area (Å²) < 4.78 is 52.6. The second-order valence-electron chi connectivity index (χ2n) is 3.31. The monoisotopic (exact) mass is 313 g/mol. The molecule has 0 aliphatic carbocycles. The molecule has 0 aromatic heterocycles. The standard InChI is InChI=1S/C9H12ClNO5S2/c1-3-17(12,13)11-8-6-7(16-2)4-5-9(8)18(10,14)15/h4-6,11H,3H2,1-2H3. The molecule has 0 fully saturated rings. The molecule has 1 N–H and O–H groups in total. The van der Waals surface area contributed by atoms with Gasteiger partial charge in [-0.3, -0.25) is 4.72 Å². The smallest absolute Gasteiger partial charge is 0.263 e. The average molecular weight is 314 g/mol. The molecule has 102 valence electrons. The Labute approximate surface area is 110 Å². The lowest BCUT2D eigenvalue weighted by Crippen LogP contribution is -2.16. The molecule has 1 aromatic carbocycles. The van der Waals surface area contributed by atoms with Crippen LogP contribution in [0.25, 0.3) is 0 Å². The number of sulfonamides is 1. The van der Waals surface area contributed by atoms with Gasteiger partial charge in [0.15, 0.2) is 0 Å². The lowest BCUT2D eigenvalue weighted by atomic mass is 10.3. The Morgan fingerprint density at radius 2 is 1.89 bits per heavy atom. The Kier molecular flexibility index (Phi) is 4.46. The molecular formula is C9H12ClNO5S2. The van der Waals surface area contributed by atoms with E-state index in [0.29, 0.717) is 5.75 Å². The third-order valence-corrected chi connectivity index (χ3v) is 4.77. The second kappa shape index (κ2) is 5.33. The molecule has 0 aliphatic heterocycles. The molecule has 0 saturated carbocycles. The zero-order chi connectivity index (χ0) is 14.0. The Morgan fingerprint density at radius 3 is 2.33 bits per heavy atom. The fourth-order valence-electron chi connectivity index (χ4n) is 1.17. The maximum atomic E-state index is 11.5. The Hall–Kier alpha value is -0.990. The minimum absolute atomic E-state index is 0.133. The van der Waals surface area contributed by atoms with Crippen molar-refractivity contribution >= 4 is 35.4 Å². The van der Waals surface area contributed by atoms with Gasteiger partial charge in [-0.25, -0.2) is 16.8 Å². The number of ether oxygens (including phenoxy) is 1. The van der Waals surface area contributed by atoms with Crippen LogP contribution in [-0.4, -0.2) is 29.7 Å². The first-order chi connectivity index (χ1) is 8.19. The van der Waals surface area contributed by atoms with Crippen molar-refractivity contribution in [2.75, 3.05) is 17.6 Å². The summed E-state index contributed by atoms with van der Waals surface area (Å²) in [5, 5.41) is 0. The Bertz CT molecular complexity index is 639. The largest absolute Gasteiger partial charge is 0.497 e. The van der Waals surface area contributed by atoms with Crippen molar-refractivity contribution in [1.82, 2.24) is 0 Å². The van der Waals surface area contributed by atoms with Crippen LogP contribution in [0.15, 0.2) is 23.1 Å². The number of benzene rings is 1. The van der Waals surface area contributed by atoms with Crippen molar-refractivity contribution in [2.24, 2.45) is 0 Å². The van der Waals surface area contributed by atoms with Gasteiger partial charge in [0.2, 0.25) is 10.0 Å². The lowest BCUT2D eigenvalue weighted by molar-refractivity contribution is 0.414. The first-order valence-electron chi connectivity index (χ1n) is 4.83. The van der Waals surface area contributed by atoms with Gasteiger partial charge in [-0.2, -0.15) is 0 Å². The van der Waals surface area contributed by atoms with E-state index >= 15 is 0 Å². The first kappa shape index (κ1) is 15.1. The highest BCUT2D eigenvalue weighted by molar-refractivity contribution is 8.14. The summed E-state index contributed by atoms with van der Waals surface area (Å²) in [5.74, 6) is 0.124. The molecule has 0 heterocycles. The van der Waals surface area contributed by atoms with Gasteiger partial charge in [-0.1, -0.05) is 0 Å². The van der Waals surface area contributed by atoms with E-state index in [2.05, 4.69) is 4.72 Å². The van der Waals surface area contributed by atoms with Gasteiger partial charge >= 0.3 is 0 Å². The number of hydrogen-bond acceptors (Lipinski definition) is 5. The van der Waals surface area contributed by atoms with E-state index in [-0.39, 0.29) is 16.3 Å². The predicted molar refractivity (Wildman–Crippen MR) is 69.1 cm³/mol. The predicted octanol–water partition coefficient (Wildman–Crippen LogP) is 1.38. The highest BCUT2D eigenvalue weighted by Crippen LogP contribution is 2.29. The number of halogens is 1. The summed E-state index contributed by atoms with van der Waals surface area (Å²) in [6.07, 6.45) is 0. The van der Waals surface area contributed by atoms with Gasteiger partial charge in [0.1, 0.15) is 10.6 Å². The van der Waals surface area contributed by atoms with Crippen molar-refractivity contribution in [2.45, 2.75) is 11.8 Å². The minimum atomic E-state index is -4.05. The third kappa shape index (κ3) is 3.76. The first-order valence-corrected chi connectivity index (χ1v) is 8.79. The normalized spacial score (nSPS) is 12.2. The topological polar surface area (TPSA) is 89.5 Å². The number of nitrogens with one attached hydrogen (secondary N) is 1. The molecule has 9 heteroatoms. The summed E-state index contributed by atoms with van der Waals surface area (Å²) in [5.41, 5.74) is -0.133. The van der Waals surface area contributed by atoms with Crippen LogP contribution in [0, 0.1) is 0 Å². The Morgan fingerprint density at radius 1 is 1.28 bits per heavy atom. The fraction of sp³-hybridized carbons (Fsp3) is 0.333. The van der Waals surface area contributed by atoms with E-state index in [9.17, 15) is 16.8 Å². The van der Waals surface area contributed by atoms with E-state index in [1.54, 1.807) is 0 Å². The molecule has 0 saturated heterocycles. The van der Waals surface area contributed by atoms with Crippen LogP contribution in [0.3, 0.4) is 0 Å². The van der Waals surface area contributed by atoms with Gasteiger partial charge in [0.05, 0.1) is 18.6 Å². The summed E-state index contributed by atoms with van der Waals surface area (Å²) in [6, 6.07) is 3.80. The molecule has 0 bridgehead atoms. The molecule has 6 nitrogen and oxygen atoms in total. The van der Waals surface area contributed by atoms with Crippen LogP contribution in [0.1, 0.15) is 6.92 Å². The van der Waals surface area contributed by atoms with Gasteiger partial charge in [-0.15, -0.1) is 0 Å². The molecule has 0 amide bonds. The summed E-state index contributed by atoms with van der Waals surface area (Å²) in [7, 11) is -1.05. The van der Waals surface area contributed by atoms with Crippen LogP contribution in [0.5, 0.6) is 5.75 Å². The zero-order valence-electron chi connectivity index (χ0n) is 9.67. The molecule has 1 aromatic rings. The fourth-order valence-corrected chi connectivity index (χ4v) is 2.89. The van der Waals surface area contributed by atoms with E-state index in [1.807, 2.05) is 0 Å². The van der Waals surface area contributed by atoms with Crippen molar-refractivity contribution in [3.8, 4) is 5.75 Å². The van der Waals surface area contributed by atoms with Crippen LogP contribution in [0.4, 0.5) is 5.69 Å². The maximum Gasteiger partial charge on any atom is 0.263 e. The highest BCUT2D eigenvalue weighted by atomic mass is 35.7. The van der Waals surface area contributed by atoms with Gasteiger partial charge in [-0.05, 0) is 19.1 Å². The SMILES string of the molecule is CCS(=O)(=O)Nc1cc(OC)ccc1S(=O)(=O)Cl. The molecule has 18 heavy (non-hydrogen) atoms. The van der Waals surface area contributed by atoms with Gasteiger partial charge in [0, 0.05) is 16.7 Å². The van der Waals surface area contributed by atoms with Crippen LogP contribution in [0.2, 0.25) is 0 Å². The van der Waals surface area contributed by atoms with Crippen molar-refractivity contribution in [3.63, 3.8) is 0 Å². The lowest BCUT2D eigenvalue weighted by Gasteiger charge is -2.11. The molecule has 0 spiro atoms. The number of anilines is 1. The highest BCUT2D eigenvalue weighted by Gasteiger charge is 2.19. The second-order valence-corrected chi connectivity index (χ2v) is 7.85. The number of rotatable bonds is 5. The van der Waals surface area contributed by atoms with E-state index in [1.165, 1.54) is 32.2 Å². The zero-order valence-corrected chi connectivity index (χ0v) is 12.1. The van der Waals surface area contributed by atoms with Crippen LogP contribution < -0.4 is 9.46 Å². The van der Waals surface area contributed by atoms with Gasteiger partial charge < -0.3 is 4.74 Å². The molecule has 0 radical (unpaired) electrons. The summed E-state index contributed by atoms with van der Waals surface area (Å²) in [4.78, 5) is -0.318. The Balaban J connectivity index is 3.39. The van der Waals surface area contributed by atoms with Gasteiger partial charge in [0.25, 0.3) is 9.05 Å². The summed E-state index contributed by atoms with van der Waals surface area (Å²) >= 11 is 0. The van der Waals surface area contributed by atoms with Crippen molar-refractivity contribution < 1.29 is 21.6 Å². The van der Waals surface area contributed by atoms with Crippen molar-refractivity contribution in [1.29, 1.82) is 0 Å². The van der Waals surface area contributed by atoms with Crippen LogP contribution in [-0.2, 0) is 19.1 Å². The van der Waals surface area contributed by atoms with Crippen LogP contribution >= 0.6 is 10.7 Å². The van der Waals surface area contributed by atoms with E-state index < -0.39 is 19.1 Å². The van der Waals surface area contributed by atoms with Crippen molar-refractivity contribution in [3.05, 3.63) is 18.2 Å². The molecule has 0 atom stereocenters. The average Bonchev–Trinajstić information content (AvgIpc) is 2.27. The molecule has 1 rings (SSSR count). The number of methoxy groups -OCH3 is 1. The van der Waals surface area contributed by atoms with E-state index in [0.717, 1.165) is 0 Å². The molecular weight excluding hydrogens is 302 g/mol. The van der Waals surface area contributed by atoms with E-state index in [4.69, 9.17) is 15.4 Å². The maximum absolute atomic E-state index is 11.5. The minimum Gasteiger partial charge on any atom is -0.497 e. The third-order valence-electron chi connectivity index (χ3n) is 2.09. The molecule has 0 aliphatic rings. The quantitative estimate of drug-likeness (QED) is 0.830. The number of hydrogen-bond donors (Lipinski definition) is 1. The molecule has 0 unspecified atom stereocenters.